The van der Waals surface area contributed by atoms with Gasteiger partial charge in [0, 0.05) is 6.42 Å². The molecule has 8 nitrogen and oxygen atoms in total. The molecule has 0 amide bonds. The van der Waals surface area contributed by atoms with E-state index in [0.717, 1.165) is 31.1 Å². The fourth-order valence-corrected chi connectivity index (χ4v) is 5.41. The third-order valence-corrected chi connectivity index (χ3v) is 7.79. The van der Waals surface area contributed by atoms with Crippen molar-refractivity contribution in [2.24, 2.45) is 23.7 Å². The van der Waals surface area contributed by atoms with Crippen molar-refractivity contribution in [2.75, 3.05) is 40.9 Å². The number of likely N-dealkylation sites (N-methyl/N-ethyl adjacent to an activating group) is 1. The highest BCUT2D eigenvalue weighted by Crippen LogP contribution is 2.45. The average molecular weight is 553 g/mol. The van der Waals surface area contributed by atoms with Gasteiger partial charge in [-0.2, -0.15) is 0 Å². The molecule has 0 aromatic carbocycles. The molecule has 37 heavy (non-hydrogen) atoms. The van der Waals surface area contributed by atoms with E-state index in [0.29, 0.717) is 10.4 Å². The van der Waals surface area contributed by atoms with E-state index in [1.165, 1.54) is 38.5 Å². The maximum atomic E-state index is 13.0. The van der Waals surface area contributed by atoms with Crippen molar-refractivity contribution in [1.29, 1.82) is 0 Å². The molecule has 0 saturated carbocycles. The van der Waals surface area contributed by atoms with Gasteiger partial charge in [-0.1, -0.05) is 92.4 Å². The van der Waals surface area contributed by atoms with Gasteiger partial charge >= 0.3 is 7.82 Å². The van der Waals surface area contributed by atoms with Crippen molar-refractivity contribution in [3.63, 3.8) is 0 Å². The molecule has 0 aliphatic rings. The van der Waals surface area contributed by atoms with Gasteiger partial charge in [-0.3, -0.25) is 13.8 Å². The van der Waals surface area contributed by atoms with E-state index in [9.17, 15) is 19.4 Å². The van der Waals surface area contributed by atoms with Crippen molar-refractivity contribution in [2.45, 2.75) is 111 Å². The molecular formula is C28H59NO7P+. The van der Waals surface area contributed by atoms with Crippen LogP contribution in [0.3, 0.4) is 0 Å². The molecule has 6 atom stereocenters. The minimum absolute atomic E-state index is 0.148. The molecule has 0 fully saturated rings. The Morgan fingerprint density at radius 3 is 1.73 bits per heavy atom. The van der Waals surface area contributed by atoms with Crippen LogP contribution in [0.1, 0.15) is 98.8 Å². The number of aliphatic hydroxyl groups excluding tert-OH is 2. The van der Waals surface area contributed by atoms with Crippen molar-refractivity contribution < 1.29 is 38.0 Å². The first-order valence-electron chi connectivity index (χ1n) is 14.3. The SMILES string of the molecule is CC(C)CCCC(C)CCCC(C)CCCC(C)CC(=O)C(C[N+](C)(C)C)OP(=O)(O)OCC(O)CO. The summed E-state index contributed by atoms with van der Waals surface area (Å²) >= 11 is 0. The molecule has 0 aliphatic heterocycles. The number of aliphatic hydroxyl groups is 2. The molecule has 0 aromatic rings. The van der Waals surface area contributed by atoms with Crippen LogP contribution in [0.15, 0.2) is 0 Å². The number of Topliss-reactive ketones (excluding diaryl/α,β-unsaturated/α-hetero) is 1. The van der Waals surface area contributed by atoms with Crippen LogP contribution in [0.25, 0.3) is 0 Å². The Morgan fingerprint density at radius 1 is 0.838 bits per heavy atom. The Morgan fingerprint density at radius 2 is 1.30 bits per heavy atom. The zero-order valence-corrected chi connectivity index (χ0v) is 25.9. The average Bonchev–Trinajstić information content (AvgIpc) is 2.75. The molecule has 9 heteroatoms. The molecule has 0 bridgehead atoms. The normalized spacial score (nSPS) is 18.3. The Hall–Kier alpha value is -0.340. The number of carbonyl (C=O) groups excluding carboxylic acids is 1. The van der Waals surface area contributed by atoms with Gasteiger partial charge < -0.3 is 19.6 Å². The predicted molar refractivity (Wildman–Crippen MR) is 150 cm³/mol. The van der Waals surface area contributed by atoms with Gasteiger partial charge in [-0.05, 0) is 23.7 Å². The van der Waals surface area contributed by atoms with E-state index in [1.54, 1.807) is 0 Å². The minimum Gasteiger partial charge on any atom is -0.394 e. The van der Waals surface area contributed by atoms with Crippen LogP contribution in [0, 0.1) is 23.7 Å². The highest BCUT2D eigenvalue weighted by atomic mass is 31.2. The molecule has 0 aromatic heterocycles. The monoisotopic (exact) mass is 552 g/mol. The largest absolute Gasteiger partial charge is 0.473 e. The Labute approximate surface area is 227 Å². The number of phosphoric ester groups is 1. The van der Waals surface area contributed by atoms with Crippen LogP contribution in [0.5, 0.6) is 0 Å². The molecular weight excluding hydrogens is 493 g/mol. The number of carbonyl (C=O) groups is 1. The van der Waals surface area contributed by atoms with Crippen molar-refractivity contribution in [1.82, 2.24) is 0 Å². The molecule has 0 aliphatic carbocycles. The standard InChI is InChI=1S/C28H58NO7P/c1-22(2)12-9-13-23(3)14-10-15-24(4)16-11-17-25(5)18-27(32)28(19-29(6,7)8)36-37(33,34)35-21-26(31)20-30/h22-26,28,30-31H,9-21H2,1-8H3/p+1. The summed E-state index contributed by atoms with van der Waals surface area (Å²) < 4.78 is 22.7. The van der Waals surface area contributed by atoms with E-state index in [2.05, 4.69) is 27.7 Å². The van der Waals surface area contributed by atoms with E-state index >= 15 is 0 Å². The number of quaternary nitrogens is 1. The fraction of sp³-hybridized carbons (Fsp3) is 0.964. The number of rotatable bonds is 23. The molecule has 0 rings (SSSR count). The molecule has 6 unspecified atom stereocenters. The van der Waals surface area contributed by atoms with E-state index in [1.807, 2.05) is 28.1 Å². The maximum absolute atomic E-state index is 13.0. The first-order valence-corrected chi connectivity index (χ1v) is 15.8. The molecule has 0 radical (unpaired) electrons. The maximum Gasteiger partial charge on any atom is 0.473 e. The highest BCUT2D eigenvalue weighted by Gasteiger charge is 2.35. The Kier molecular flexibility index (Phi) is 18.7. The van der Waals surface area contributed by atoms with Gasteiger partial charge in [0.2, 0.25) is 0 Å². The highest BCUT2D eigenvalue weighted by molar-refractivity contribution is 7.47. The summed E-state index contributed by atoms with van der Waals surface area (Å²) in [5.41, 5.74) is 0. The molecule has 0 heterocycles. The van der Waals surface area contributed by atoms with Crippen molar-refractivity contribution >= 4 is 13.6 Å². The van der Waals surface area contributed by atoms with Crippen LogP contribution in [0.2, 0.25) is 0 Å². The van der Waals surface area contributed by atoms with Gasteiger partial charge in [0.05, 0.1) is 34.4 Å². The number of hydrogen-bond donors (Lipinski definition) is 3. The van der Waals surface area contributed by atoms with Gasteiger partial charge in [0.25, 0.3) is 0 Å². The third kappa shape index (κ3) is 21.2. The quantitative estimate of drug-likeness (QED) is 0.112. The summed E-state index contributed by atoms with van der Waals surface area (Å²) in [6.45, 7) is 10.4. The topological polar surface area (TPSA) is 113 Å². The Balaban J connectivity index is 4.50. The zero-order valence-electron chi connectivity index (χ0n) is 25.0. The molecule has 0 saturated heterocycles. The van der Waals surface area contributed by atoms with Crippen LogP contribution < -0.4 is 0 Å². The summed E-state index contributed by atoms with van der Waals surface area (Å²) in [5, 5.41) is 18.2. The second kappa shape index (κ2) is 18.9. The minimum atomic E-state index is -4.56. The summed E-state index contributed by atoms with van der Waals surface area (Å²) in [4.78, 5) is 23.0. The summed E-state index contributed by atoms with van der Waals surface area (Å²) in [6.07, 6.45) is 8.83. The molecule has 0 spiro atoms. The predicted octanol–water partition coefficient (Wildman–Crippen LogP) is 5.58. The van der Waals surface area contributed by atoms with Gasteiger partial charge in [-0.25, -0.2) is 4.57 Å². The lowest BCUT2D eigenvalue weighted by Gasteiger charge is -2.29. The number of hydrogen-bond acceptors (Lipinski definition) is 6. The first kappa shape index (κ1) is 36.7. The zero-order chi connectivity index (χ0) is 28.6. The number of ketones is 1. The second-order valence-electron chi connectivity index (χ2n) is 12.8. The van der Waals surface area contributed by atoms with Gasteiger partial charge in [0.15, 0.2) is 11.9 Å². The van der Waals surface area contributed by atoms with Crippen LogP contribution in [0.4, 0.5) is 0 Å². The molecule has 3 N–H and O–H groups in total. The lowest BCUT2D eigenvalue weighted by molar-refractivity contribution is -0.872. The van der Waals surface area contributed by atoms with Crippen LogP contribution >= 0.6 is 7.82 Å². The fourth-order valence-electron chi connectivity index (χ4n) is 4.49. The molecule has 222 valence electrons. The lowest BCUT2D eigenvalue weighted by atomic mass is 9.90. The number of nitrogens with zero attached hydrogens (tertiary/aromatic N) is 1. The Bertz CT molecular complexity index is 653. The van der Waals surface area contributed by atoms with E-state index < -0.39 is 33.2 Å². The van der Waals surface area contributed by atoms with Crippen LogP contribution in [-0.4, -0.2) is 78.5 Å². The van der Waals surface area contributed by atoms with Gasteiger partial charge in [0.1, 0.15) is 12.6 Å². The first-order chi connectivity index (χ1) is 17.0. The van der Waals surface area contributed by atoms with Crippen LogP contribution in [-0.2, 0) is 18.4 Å². The van der Waals surface area contributed by atoms with E-state index in [4.69, 9.17) is 14.2 Å². The number of phosphoric acid groups is 1. The third-order valence-electron chi connectivity index (χ3n) is 6.79. The lowest BCUT2D eigenvalue weighted by Crippen LogP contribution is -2.45. The van der Waals surface area contributed by atoms with E-state index in [-0.39, 0.29) is 24.7 Å². The second-order valence-corrected chi connectivity index (χ2v) is 14.2. The summed E-state index contributed by atoms with van der Waals surface area (Å²) in [7, 11) is 1.06. The van der Waals surface area contributed by atoms with Crippen molar-refractivity contribution in [3.05, 3.63) is 0 Å². The van der Waals surface area contributed by atoms with Gasteiger partial charge in [-0.15, -0.1) is 0 Å². The summed E-state index contributed by atoms with van der Waals surface area (Å²) in [5.74, 6) is 2.20. The smallest absolute Gasteiger partial charge is 0.394 e. The summed E-state index contributed by atoms with van der Waals surface area (Å²) in [6, 6.07) is 0. The van der Waals surface area contributed by atoms with Crippen molar-refractivity contribution in [3.8, 4) is 0 Å².